The summed E-state index contributed by atoms with van der Waals surface area (Å²) in [5.41, 5.74) is 2.66. The highest BCUT2D eigenvalue weighted by atomic mass is 35.5. The molecule has 0 spiro atoms. The Morgan fingerprint density at radius 2 is 2.10 bits per heavy atom. The van der Waals surface area contributed by atoms with Gasteiger partial charge in [-0.15, -0.1) is 12.4 Å². The third kappa shape index (κ3) is 4.86. The molecule has 0 saturated carbocycles. The smallest absolute Gasteiger partial charge is 0.129 e. The summed E-state index contributed by atoms with van der Waals surface area (Å²) in [6.07, 6.45) is 10.4. The molecule has 3 rings (SSSR count). The first-order valence-corrected chi connectivity index (χ1v) is 8.35. The van der Waals surface area contributed by atoms with Crippen LogP contribution in [0.2, 0.25) is 0 Å². The van der Waals surface area contributed by atoms with Gasteiger partial charge in [-0.1, -0.05) is 18.9 Å². The Morgan fingerprint density at radius 1 is 1.14 bits per heavy atom. The van der Waals surface area contributed by atoms with Crippen LogP contribution in [0.1, 0.15) is 49.8 Å². The Hall–Kier alpha value is -0.800. The van der Waals surface area contributed by atoms with E-state index in [1.165, 1.54) is 69.3 Å². The molecule has 2 N–H and O–H groups in total. The lowest BCUT2D eigenvalue weighted by Gasteiger charge is -2.17. The van der Waals surface area contributed by atoms with Crippen LogP contribution in [0.15, 0.2) is 12.1 Å². The predicted molar refractivity (Wildman–Crippen MR) is 91.4 cm³/mol. The summed E-state index contributed by atoms with van der Waals surface area (Å²) < 4.78 is 0. The largest absolute Gasteiger partial charge is 0.370 e. The number of halogens is 1. The summed E-state index contributed by atoms with van der Waals surface area (Å²) in [7, 11) is 0. The van der Waals surface area contributed by atoms with Crippen molar-refractivity contribution >= 4 is 18.2 Å². The van der Waals surface area contributed by atoms with Gasteiger partial charge in [0.25, 0.3) is 0 Å². The molecule has 1 fully saturated rings. The SMILES string of the molecule is Cl.c1cc2c(nc1CCCCCC1CCNC1)NCCC2. The zero-order valence-corrected chi connectivity index (χ0v) is 13.7. The van der Waals surface area contributed by atoms with E-state index >= 15 is 0 Å². The number of anilines is 1. The monoisotopic (exact) mass is 309 g/mol. The standard InChI is InChI=1S/C17H27N3.ClH/c1(2-5-14-10-12-18-13-14)3-7-16-9-8-15-6-4-11-19-17(15)20-16;/h8-9,14,18H,1-7,10-13H2,(H,19,20);1H. The fraction of sp³-hybridized carbons (Fsp3) is 0.706. The van der Waals surface area contributed by atoms with Gasteiger partial charge in [0.2, 0.25) is 0 Å². The second-order valence-electron chi connectivity index (χ2n) is 6.30. The molecule has 1 aromatic heterocycles. The number of unbranched alkanes of at least 4 members (excludes halogenated alkanes) is 2. The quantitative estimate of drug-likeness (QED) is 0.789. The van der Waals surface area contributed by atoms with Crippen molar-refractivity contribution in [3.8, 4) is 0 Å². The van der Waals surface area contributed by atoms with E-state index < -0.39 is 0 Å². The van der Waals surface area contributed by atoms with Gasteiger partial charge in [-0.25, -0.2) is 4.98 Å². The molecule has 0 bridgehead atoms. The molecular formula is C17H28ClN3. The van der Waals surface area contributed by atoms with Crippen molar-refractivity contribution < 1.29 is 0 Å². The van der Waals surface area contributed by atoms with Gasteiger partial charge < -0.3 is 10.6 Å². The van der Waals surface area contributed by atoms with Gasteiger partial charge in [0.15, 0.2) is 0 Å². The summed E-state index contributed by atoms with van der Waals surface area (Å²) in [4.78, 5) is 4.77. The number of fused-ring (bicyclic) bond motifs is 1. The first-order valence-electron chi connectivity index (χ1n) is 8.35. The lowest BCUT2D eigenvalue weighted by molar-refractivity contribution is 0.490. The number of pyridine rings is 1. The fourth-order valence-corrected chi connectivity index (χ4v) is 3.38. The Kier molecular flexibility index (Phi) is 6.78. The van der Waals surface area contributed by atoms with Crippen LogP contribution in [-0.4, -0.2) is 24.6 Å². The van der Waals surface area contributed by atoms with Crippen LogP contribution in [0.4, 0.5) is 5.82 Å². The Morgan fingerprint density at radius 3 is 2.95 bits per heavy atom. The van der Waals surface area contributed by atoms with Crippen molar-refractivity contribution in [1.82, 2.24) is 10.3 Å². The molecule has 2 aliphatic heterocycles. The number of hydrogen-bond acceptors (Lipinski definition) is 3. The number of aromatic nitrogens is 1. The van der Waals surface area contributed by atoms with Crippen molar-refractivity contribution in [2.24, 2.45) is 5.92 Å². The highest BCUT2D eigenvalue weighted by molar-refractivity contribution is 5.85. The second kappa shape index (κ2) is 8.60. The van der Waals surface area contributed by atoms with Crippen LogP contribution in [0.3, 0.4) is 0 Å². The van der Waals surface area contributed by atoms with Crippen LogP contribution >= 0.6 is 12.4 Å². The van der Waals surface area contributed by atoms with E-state index in [4.69, 9.17) is 4.98 Å². The lowest BCUT2D eigenvalue weighted by Crippen LogP contribution is -2.14. The highest BCUT2D eigenvalue weighted by Gasteiger charge is 2.13. The van der Waals surface area contributed by atoms with Gasteiger partial charge in [-0.2, -0.15) is 0 Å². The lowest BCUT2D eigenvalue weighted by atomic mass is 9.99. The van der Waals surface area contributed by atoms with Gasteiger partial charge in [-0.05, 0) is 69.2 Å². The zero-order chi connectivity index (χ0) is 13.6. The summed E-state index contributed by atoms with van der Waals surface area (Å²) in [6, 6.07) is 4.50. The molecule has 21 heavy (non-hydrogen) atoms. The van der Waals surface area contributed by atoms with Crippen molar-refractivity contribution in [2.75, 3.05) is 25.0 Å². The summed E-state index contributed by atoms with van der Waals surface area (Å²) in [6.45, 7) is 3.56. The van der Waals surface area contributed by atoms with Crippen LogP contribution in [-0.2, 0) is 12.8 Å². The Balaban J connectivity index is 0.00000161. The van der Waals surface area contributed by atoms with Gasteiger partial charge in [0.05, 0.1) is 0 Å². The molecule has 1 atom stereocenters. The summed E-state index contributed by atoms with van der Waals surface area (Å²) >= 11 is 0. The third-order valence-electron chi connectivity index (χ3n) is 4.66. The van der Waals surface area contributed by atoms with Gasteiger partial charge in [-0.3, -0.25) is 0 Å². The van der Waals surface area contributed by atoms with Crippen molar-refractivity contribution in [3.05, 3.63) is 23.4 Å². The van der Waals surface area contributed by atoms with Gasteiger partial charge >= 0.3 is 0 Å². The fourth-order valence-electron chi connectivity index (χ4n) is 3.38. The molecule has 3 heterocycles. The zero-order valence-electron chi connectivity index (χ0n) is 12.9. The van der Waals surface area contributed by atoms with E-state index in [-0.39, 0.29) is 12.4 Å². The van der Waals surface area contributed by atoms with E-state index in [0.29, 0.717) is 0 Å². The maximum absolute atomic E-state index is 4.77. The predicted octanol–water partition coefficient (Wildman–Crippen LogP) is 3.57. The van der Waals surface area contributed by atoms with Crippen LogP contribution in [0, 0.1) is 5.92 Å². The van der Waals surface area contributed by atoms with E-state index in [0.717, 1.165) is 24.7 Å². The second-order valence-corrected chi connectivity index (χ2v) is 6.30. The van der Waals surface area contributed by atoms with Crippen LogP contribution in [0.5, 0.6) is 0 Å². The van der Waals surface area contributed by atoms with Crippen molar-refractivity contribution in [1.29, 1.82) is 0 Å². The maximum atomic E-state index is 4.77. The van der Waals surface area contributed by atoms with Crippen LogP contribution < -0.4 is 10.6 Å². The molecule has 1 saturated heterocycles. The Labute approximate surface area is 134 Å². The average Bonchev–Trinajstić information content (AvgIpc) is 3.00. The molecular weight excluding hydrogens is 282 g/mol. The van der Waals surface area contributed by atoms with Gasteiger partial charge in [0, 0.05) is 12.2 Å². The molecule has 4 heteroatoms. The molecule has 0 aromatic carbocycles. The van der Waals surface area contributed by atoms with E-state index in [1.807, 2.05) is 0 Å². The minimum atomic E-state index is 0. The Bertz CT molecular complexity index is 430. The molecule has 0 amide bonds. The first kappa shape index (κ1) is 16.6. The first-order chi connectivity index (χ1) is 9.92. The minimum Gasteiger partial charge on any atom is -0.370 e. The average molecular weight is 310 g/mol. The number of nitrogens with one attached hydrogen (secondary N) is 2. The molecule has 0 radical (unpaired) electrons. The van der Waals surface area contributed by atoms with Crippen molar-refractivity contribution in [2.45, 2.75) is 51.4 Å². The summed E-state index contributed by atoms with van der Waals surface area (Å²) in [5.74, 6) is 2.09. The molecule has 1 aromatic rings. The molecule has 0 aliphatic carbocycles. The maximum Gasteiger partial charge on any atom is 0.129 e. The third-order valence-corrected chi connectivity index (χ3v) is 4.66. The molecule has 1 unspecified atom stereocenters. The van der Waals surface area contributed by atoms with Crippen molar-refractivity contribution in [3.63, 3.8) is 0 Å². The topological polar surface area (TPSA) is 37.0 Å². The van der Waals surface area contributed by atoms with Crippen LogP contribution in [0.25, 0.3) is 0 Å². The number of rotatable bonds is 6. The minimum absolute atomic E-state index is 0. The highest BCUT2D eigenvalue weighted by Crippen LogP contribution is 2.21. The van der Waals surface area contributed by atoms with E-state index in [9.17, 15) is 0 Å². The molecule has 118 valence electrons. The normalized spacial score (nSPS) is 20.5. The van der Waals surface area contributed by atoms with E-state index in [2.05, 4.69) is 22.8 Å². The molecule has 3 nitrogen and oxygen atoms in total. The summed E-state index contributed by atoms with van der Waals surface area (Å²) in [5, 5.41) is 6.87. The van der Waals surface area contributed by atoms with E-state index in [1.54, 1.807) is 0 Å². The number of nitrogens with zero attached hydrogens (tertiary/aromatic N) is 1. The molecule has 2 aliphatic rings. The van der Waals surface area contributed by atoms with Gasteiger partial charge in [0.1, 0.15) is 5.82 Å². The number of hydrogen-bond donors (Lipinski definition) is 2. The number of aryl methyl sites for hydroxylation is 2.